The van der Waals surface area contributed by atoms with Crippen molar-refractivity contribution >= 4 is 11.8 Å². The maximum Gasteiger partial charge on any atom is 0.253 e. The van der Waals surface area contributed by atoms with Crippen LogP contribution < -0.4 is 5.32 Å². The summed E-state index contributed by atoms with van der Waals surface area (Å²) in [7, 11) is 0. The quantitative estimate of drug-likeness (QED) is 0.933. The summed E-state index contributed by atoms with van der Waals surface area (Å²) in [5.74, 6) is -0.196. The molecule has 1 fully saturated rings. The maximum absolute atomic E-state index is 12.8. The zero-order chi connectivity index (χ0) is 17.8. The minimum atomic E-state index is -0.225. The molecule has 4 heteroatoms. The summed E-state index contributed by atoms with van der Waals surface area (Å²) >= 11 is 0. The van der Waals surface area contributed by atoms with Gasteiger partial charge < -0.3 is 10.2 Å². The summed E-state index contributed by atoms with van der Waals surface area (Å²) in [6.07, 6.45) is 0. The van der Waals surface area contributed by atoms with Crippen LogP contribution in [0.25, 0.3) is 0 Å². The van der Waals surface area contributed by atoms with E-state index in [1.807, 2.05) is 74.5 Å². The molecule has 0 aromatic heterocycles. The first kappa shape index (κ1) is 17.2. The SMILES string of the molecule is CC(C)NC(=O)C1CN(C(=O)c2ccccc2)CC1c1ccccc1. The van der Waals surface area contributed by atoms with Gasteiger partial charge in [0.15, 0.2) is 0 Å². The highest BCUT2D eigenvalue weighted by Gasteiger charge is 2.40. The van der Waals surface area contributed by atoms with Gasteiger partial charge in [-0.25, -0.2) is 0 Å². The van der Waals surface area contributed by atoms with Crippen molar-refractivity contribution in [3.63, 3.8) is 0 Å². The zero-order valence-electron chi connectivity index (χ0n) is 14.7. The number of nitrogens with one attached hydrogen (secondary N) is 1. The summed E-state index contributed by atoms with van der Waals surface area (Å²) in [5.41, 5.74) is 1.77. The fourth-order valence-electron chi connectivity index (χ4n) is 3.43. The molecule has 4 nitrogen and oxygen atoms in total. The second-order valence-corrected chi connectivity index (χ2v) is 6.86. The van der Waals surface area contributed by atoms with Crippen LogP contribution in [-0.2, 0) is 4.79 Å². The molecule has 1 N–H and O–H groups in total. The predicted octanol–water partition coefficient (Wildman–Crippen LogP) is 3.07. The predicted molar refractivity (Wildman–Crippen MR) is 98.3 cm³/mol. The van der Waals surface area contributed by atoms with Crippen molar-refractivity contribution in [3.05, 3.63) is 71.8 Å². The van der Waals surface area contributed by atoms with Gasteiger partial charge in [0.2, 0.25) is 5.91 Å². The van der Waals surface area contributed by atoms with Gasteiger partial charge in [-0.1, -0.05) is 48.5 Å². The number of hydrogen-bond acceptors (Lipinski definition) is 2. The van der Waals surface area contributed by atoms with Gasteiger partial charge in [-0.2, -0.15) is 0 Å². The number of nitrogens with zero attached hydrogens (tertiary/aromatic N) is 1. The van der Waals surface area contributed by atoms with E-state index in [4.69, 9.17) is 0 Å². The van der Waals surface area contributed by atoms with Crippen LogP contribution in [0.1, 0.15) is 35.7 Å². The fourth-order valence-corrected chi connectivity index (χ4v) is 3.43. The normalized spacial score (nSPS) is 19.9. The number of amides is 2. The van der Waals surface area contributed by atoms with Crippen LogP contribution in [0.15, 0.2) is 60.7 Å². The third kappa shape index (κ3) is 3.90. The van der Waals surface area contributed by atoms with Crippen LogP contribution >= 0.6 is 0 Å². The number of likely N-dealkylation sites (tertiary alicyclic amines) is 1. The average Bonchev–Trinajstić information content (AvgIpc) is 3.07. The van der Waals surface area contributed by atoms with Gasteiger partial charge in [-0.05, 0) is 31.5 Å². The van der Waals surface area contributed by atoms with Crippen molar-refractivity contribution in [3.8, 4) is 0 Å². The number of hydrogen-bond donors (Lipinski definition) is 1. The lowest BCUT2D eigenvalue weighted by Crippen LogP contribution is -2.39. The van der Waals surface area contributed by atoms with E-state index in [1.165, 1.54) is 0 Å². The molecular formula is C21H24N2O2. The van der Waals surface area contributed by atoms with Gasteiger partial charge in [0, 0.05) is 30.6 Å². The van der Waals surface area contributed by atoms with E-state index < -0.39 is 0 Å². The lowest BCUT2D eigenvalue weighted by Gasteiger charge is -2.19. The van der Waals surface area contributed by atoms with Gasteiger partial charge >= 0.3 is 0 Å². The molecule has 2 atom stereocenters. The van der Waals surface area contributed by atoms with Gasteiger partial charge in [-0.3, -0.25) is 9.59 Å². The topological polar surface area (TPSA) is 49.4 Å². The molecule has 2 unspecified atom stereocenters. The summed E-state index contributed by atoms with van der Waals surface area (Å²) in [5, 5.41) is 3.01. The smallest absolute Gasteiger partial charge is 0.253 e. The Bertz CT molecular complexity index is 728. The minimum Gasteiger partial charge on any atom is -0.354 e. The Morgan fingerprint density at radius 1 is 0.960 bits per heavy atom. The molecule has 2 aromatic carbocycles. The molecule has 3 rings (SSSR count). The molecule has 1 aliphatic rings. The first-order valence-electron chi connectivity index (χ1n) is 8.76. The number of carbonyl (C=O) groups is 2. The number of carbonyl (C=O) groups excluding carboxylic acids is 2. The number of benzene rings is 2. The van der Waals surface area contributed by atoms with Crippen LogP contribution in [0.3, 0.4) is 0 Å². The van der Waals surface area contributed by atoms with E-state index in [2.05, 4.69) is 5.32 Å². The van der Waals surface area contributed by atoms with Crippen molar-refractivity contribution in [2.45, 2.75) is 25.8 Å². The van der Waals surface area contributed by atoms with Crippen molar-refractivity contribution < 1.29 is 9.59 Å². The summed E-state index contributed by atoms with van der Waals surface area (Å²) in [4.78, 5) is 27.3. The fraction of sp³-hybridized carbons (Fsp3) is 0.333. The van der Waals surface area contributed by atoms with Crippen LogP contribution in [0.4, 0.5) is 0 Å². The highest BCUT2D eigenvalue weighted by molar-refractivity contribution is 5.95. The van der Waals surface area contributed by atoms with Crippen LogP contribution in [0, 0.1) is 5.92 Å². The van der Waals surface area contributed by atoms with E-state index in [0.29, 0.717) is 18.7 Å². The molecule has 0 aliphatic carbocycles. The molecule has 0 radical (unpaired) electrons. The van der Waals surface area contributed by atoms with Crippen LogP contribution in [-0.4, -0.2) is 35.8 Å². The molecule has 0 spiro atoms. The molecule has 130 valence electrons. The molecular weight excluding hydrogens is 312 g/mol. The van der Waals surface area contributed by atoms with E-state index in [9.17, 15) is 9.59 Å². The van der Waals surface area contributed by atoms with Gasteiger partial charge in [0.05, 0.1) is 5.92 Å². The molecule has 0 bridgehead atoms. The molecule has 2 aromatic rings. The lowest BCUT2D eigenvalue weighted by molar-refractivity contribution is -0.125. The highest BCUT2D eigenvalue weighted by atomic mass is 16.2. The first-order chi connectivity index (χ1) is 12.1. The van der Waals surface area contributed by atoms with Crippen LogP contribution in [0.2, 0.25) is 0 Å². The number of rotatable bonds is 4. The van der Waals surface area contributed by atoms with E-state index >= 15 is 0 Å². The van der Waals surface area contributed by atoms with Crippen molar-refractivity contribution in [2.24, 2.45) is 5.92 Å². The monoisotopic (exact) mass is 336 g/mol. The Hall–Kier alpha value is -2.62. The Morgan fingerprint density at radius 2 is 1.56 bits per heavy atom. The Morgan fingerprint density at radius 3 is 2.16 bits per heavy atom. The second kappa shape index (κ2) is 7.51. The minimum absolute atomic E-state index is 0.0126. The van der Waals surface area contributed by atoms with Crippen LogP contribution in [0.5, 0.6) is 0 Å². The highest BCUT2D eigenvalue weighted by Crippen LogP contribution is 2.33. The molecule has 1 saturated heterocycles. The van der Waals surface area contributed by atoms with E-state index in [-0.39, 0.29) is 29.7 Å². The van der Waals surface area contributed by atoms with Crippen molar-refractivity contribution in [2.75, 3.05) is 13.1 Å². The van der Waals surface area contributed by atoms with Crippen molar-refractivity contribution in [1.82, 2.24) is 10.2 Å². The molecule has 25 heavy (non-hydrogen) atoms. The molecule has 1 heterocycles. The summed E-state index contributed by atoms with van der Waals surface area (Å²) in [6, 6.07) is 19.4. The van der Waals surface area contributed by atoms with Gasteiger partial charge in [0.1, 0.15) is 0 Å². The third-order valence-electron chi connectivity index (χ3n) is 4.62. The van der Waals surface area contributed by atoms with Crippen molar-refractivity contribution in [1.29, 1.82) is 0 Å². The Balaban J connectivity index is 1.85. The largest absolute Gasteiger partial charge is 0.354 e. The maximum atomic E-state index is 12.8. The lowest BCUT2D eigenvalue weighted by atomic mass is 9.88. The second-order valence-electron chi connectivity index (χ2n) is 6.86. The molecule has 2 amide bonds. The Labute approximate surface area is 148 Å². The van der Waals surface area contributed by atoms with Gasteiger partial charge in [0.25, 0.3) is 5.91 Å². The standard InChI is InChI=1S/C21H24N2O2/c1-15(2)22-20(24)19-14-23(21(25)17-11-7-4-8-12-17)13-18(19)16-9-5-3-6-10-16/h3-12,15,18-19H,13-14H2,1-2H3,(H,22,24). The summed E-state index contributed by atoms with van der Waals surface area (Å²) < 4.78 is 0. The van der Waals surface area contributed by atoms with E-state index in [0.717, 1.165) is 5.56 Å². The zero-order valence-corrected chi connectivity index (χ0v) is 14.7. The average molecular weight is 336 g/mol. The Kier molecular flexibility index (Phi) is 5.17. The van der Waals surface area contributed by atoms with Gasteiger partial charge in [-0.15, -0.1) is 0 Å². The molecule has 1 aliphatic heterocycles. The van der Waals surface area contributed by atoms with E-state index in [1.54, 1.807) is 4.90 Å². The third-order valence-corrected chi connectivity index (χ3v) is 4.62. The summed E-state index contributed by atoms with van der Waals surface area (Å²) in [6.45, 7) is 4.92. The first-order valence-corrected chi connectivity index (χ1v) is 8.76. The molecule has 0 saturated carbocycles.